The summed E-state index contributed by atoms with van der Waals surface area (Å²) in [6, 6.07) is 10.2. The van der Waals surface area contributed by atoms with Crippen LogP contribution in [0.25, 0.3) is 0 Å². The Kier molecular flexibility index (Phi) is 4.79. The van der Waals surface area contributed by atoms with E-state index in [0.717, 1.165) is 6.07 Å². The van der Waals surface area contributed by atoms with Gasteiger partial charge in [-0.15, -0.1) is 0 Å². The van der Waals surface area contributed by atoms with Crippen molar-refractivity contribution < 1.29 is 14.5 Å². The van der Waals surface area contributed by atoms with E-state index in [4.69, 9.17) is 21.6 Å². The van der Waals surface area contributed by atoms with Gasteiger partial charge in [0.2, 0.25) is 0 Å². The highest BCUT2D eigenvalue weighted by molar-refractivity contribution is 6.32. The SMILES string of the molecule is COc1ccc(C(=O)Nc2ccc(C#N)c(Cl)c2)cc1[N+](=O)[O-]. The van der Waals surface area contributed by atoms with E-state index in [2.05, 4.69) is 5.32 Å². The van der Waals surface area contributed by atoms with Crippen molar-refractivity contribution in [3.63, 3.8) is 0 Å². The van der Waals surface area contributed by atoms with Gasteiger partial charge in [-0.3, -0.25) is 14.9 Å². The fourth-order valence-corrected chi connectivity index (χ4v) is 2.08. The number of carbonyl (C=O) groups excluding carboxylic acids is 1. The van der Waals surface area contributed by atoms with Crippen LogP contribution in [0.2, 0.25) is 5.02 Å². The van der Waals surface area contributed by atoms with Crippen LogP contribution in [0.3, 0.4) is 0 Å². The molecule has 2 aromatic carbocycles. The zero-order valence-corrected chi connectivity index (χ0v) is 12.6. The third-order valence-electron chi connectivity index (χ3n) is 2.99. The largest absolute Gasteiger partial charge is 0.490 e. The van der Waals surface area contributed by atoms with Gasteiger partial charge in [-0.2, -0.15) is 5.26 Å². The van der Waals surface area contributed by atoms with Gasteiger partial charge in [0.1, 0.15) is 6.07 Å². The molecular formula is C15H10ClN3O4. The molecule has 7 nitrogen and oxygen atoms in total. The van der Waals surface area contributed by atoms with Crippen molar-refractivity contribution in [3.05, 3.63) is 62.7 Å². The summed E-state index contributed by atoms with van der Waals surface area (Å²) in [6.07, 6.45) is 0. The summed E-state index contributed by atoms with van der Waals surface area (Å²) in [6.45, 7) is 0. The van der Waals surface area contributed by atoms with Gasteiger partial charge in [0.05, 0.1) is 22.6 Å². The van der Waals surface area contributed by atoms with Crippen LogP contribution in [-0.2, 0) is 0 Å². The van der Waals surface area contributed by atoms with Crippen molar-refractivity contribution in [2.24, 2.45) is 0 Å². The molecule has 8 heteroatoms. The molecule has 0 heterocycles. The van der Waals surface area contributed by atoms with E-state index < -0.39 is 10.8 Å². The highest BCUT2D eigenvalue weighted by Crippen LogP contribution is 2.28. The molecule has 116 valence electrons. The van der Waals surface area contributed by atoms with E-state index in [-0.39, 0.29) is 27.6 Å². The molecule has 0 spiro atoms. The Hall–Kier alpha value is -3.11. The van der Waals surface area contributed by atoms with Crippen molar-refractivity contribution in [1.29, 1.82) is 5.26 Å². The summed E-state index contributed by atoms with van der Waals surface area (Å²) in [5.41, 5.74) is 0.443. The van der Waals surface area contributed by atoms with Crippen LogP contribution in [-0.4, -0.2) is 17.9 Å². The fraction of sp³-hybridized carbons (Fsp3) is 0.0667. The van der Waals surface area contributed by atoms with Gasteiger partial charge in [0.15, 0.2) is 5.75 Å². The van der Waals surface area contributed by atoms with Gasteiger partial charge in [-0.1, -0.05) is 11.6 Å². The van der Waals surface area contributed by atoms with E-state index >= 15 is 0 Å². The minimum atomic E-state index is -0.631. The fourth-order valence-electron chi connectivity index (χ4n) is 1.86. The summed E-state index contributed by atoms with van der Waals surface area (Å²) in [4.78, 5) is 22.5. The van der Waals surface area contributed by atoms with Gasteiger partial charge in [-0.25, -0.2) is 0 Å². The zero-order valence-electron chi connectivity index (χ0n) is 11.9. The first-order valence-corrected chi connectivity index (χ1v) is 6.67. The Morgan fingerprint density at radius 2 is 2.09 bits per heavy atom. The molecule has 23 heavy (non-hydrogen) atoms. The third kappa shape index (κ3) is 3.56. The molecule has 0 bridgehead atoms. The van der Waals surface area contributed by atoms with E-state index in [0.29, 0.717) is 5.69 Å². The second kappa shape index (κ2) is 6.77. The van der Waals surface area contributed by atoms with E-state index in [9.17, 15) is 14.9 Å². The average Bonchev–Trinajstić information content (AvgIpc) is 2.54. The van der Waals surface area contributed by atoms with Crippen molar-refractivity contribution in [3.8, 4) is 11.8 Å². The van der Waals surface area contributed by atoms with Crippen LogP contribution in [0.1, 0.15) is 15.9 Å². The molecule has 2 aromatic rings. The van der Waals surface area contributed by atoms with E-state index in [1.807, 2.05) is 6.07 Å². The first kappa shape index (κ1) is 16.3. The monoisotopic (exact) mass is 331 g/mol. The van der Waals surface area contributed by atoms with Crippen LogP contribution in [0.15, 0.2) is 36.4 Å². The highest BCUT2D eigenvalue weighted by Gasteiger charge is 2.18. The number of methoxy groups -OCH3 is 1. The number of rotatable bonds is 4. The molecule has 0 unspecified atom stereocenters. The van der Waals surface area contributed by atoms with Crippen molar-refractivity contribution in [1.82, 2.24) is 0 Å². The molecule has 0 radical (unpaired) electrons. The quantitative estimate of drug-likeness (QED) is 0.683. The molecule has 0 aliphatic rings. The molecule has 0 atom stereocenters. The normalized spacial score (nSPS) is 9.78. The Morgan fingerprint density at radius 1 is 1.35 bits per heavy atom. The zero-order chi connectivity index (χ0) is 17.0. The summed E-state index contributed by atoms with van der Waals surface area (Å²) in [5.74, 6) is -0.482. The van der Waals surface area contributed by atoms with Crippen LogP contribution >= 0.6 is 11.6 Å². The molecule has 2 rings (SSSR count). The number of anilines is 1. The van der Waals surface area contributed by atoms with Gasteiger partial charge in [0.25, 0.3) is 5.91 Å². The maximum atomic E-state index is 12.2. The van der Waals surface area contributed by atoms with E-state index in [1.54, 1.807) is 0 Å². The van der Waals surface area contributed by atoms with Gasteiger partial charge in [0, 0.05) is 17.3 Å². The van der Waals surface area contributed by atoms with Crippen LogP contribution in [0.4, 0.5) is 11.4 Å². The number of hydrogen-bond acceptors (Lipinski definition) is 5. The molecule has 1 amide bonds. The number of nitrogens with one attached hydrogen (secondary N) is 1. The molecule has 0 saturated carbocycles. The number of hydrogen-bond donors (Lipinski definition) is 1. The summed E-state index contributed by atoms with van der Waals surface area (Å²) in [5, 5.41) is 22.5. The first-order chi connectivity index (χ1) is 11.0. The minimum absolute atomic E-state index is 0.0629. The van der Waals surface area contributed by atoms with Gasteiger partial charge >= 0.3 is 5.69 Å². The molecule has 0 aromatic heterocycles. The molecule has 0 aliphatic heterocycles. The Balaban J connectivity index is 2.28. The topological polar surface area (TPSA) is 105 Å². The predicted molar refractivity (Wildman–Crippen MR) is 83.8 cm³/mol. The van der Waals surface area contributed by atoms with Crippen molar-refractivity contribution >= 4 is 28.9 Å². The Labute approximate surface area is 136 Å². The first-order valence-electron chi connectivity index (χ1n) is 6.29. The molecule has 0 aliphatic carbocycles. The predicted octanol–water partition coefficient (Wildman–Crippen LogP) is 3.38. The van der Waals surface area contributed by atoms with Crippen molar-refractivity contribution in [2.45, 2.75) is 0 Å². The molecule has 0 saturated heterocycles. The Bertz CT molecular complexity index is 830. The summed E-state index contributed by atoms with van der Waals surface area (Å²) >= 11 is 5.89. The second-order valence-corrected chi connectivity index (χ2v) is 4.81. The number of carbonyl (C=O) groups is 1. The maximum absolute atomic E-state index is 12.2. The average molecular weight is 332 g/mol. The molecular weight excluding hydrogens is 322 g/mol. The molecule has 1 N–H and O–H groups in total. The number of amides is 1. The lowest BCUT2D eigenvalue weighted by Crippen LogP contribution is -2.12. The lowest BCUT2D eigenvalue weighted by Gasteiger charge is -2.07. The maximum Gasteiger partial charge on any atom is 0.311 e. The number of nitriles is 1. The number of benzene rings is 2. The number of ether oxygens (including phenoxy) is 1. The number of nitro benzene ring substituents is 1. The lowest BCUT2D eigenvalue weighted by atomic mass is 10.1. The van der Waals surface area contributed by atoms with Gasteiger partial charge in [-0.05, 0) is 30.3 Å². The number of halogens is 1. The van der Waals surface area contributed by atoms with Gasteiger partial charge < -0.3 is 10.1 Å². The highest BCUT2D eigenvalue weighted by atomic mass is 35.5. The van der Waals surface area contributed by atoms with Crippen LogP contribution in [0.5, 0.6) is 5.75 Å². The second-order valence-electron chi connectivity index (χ2n) is 4.40. The smallest absolute Gasteiger partial charge is 0.311 e. The number of nitrogens with zero attached hydrogens (tertiary/aromatic N) is 2. The third-order valence-corrected chi connectivity index (χ3v) is 3.30. The minimum Gasteiger partial charge on any atom is -0.490 e. The molecule has 0 fully saturated rings. The number of nitro groups is 1. The lowest BCUT2D eigenvalue weighted by molar-refractivity contribution is -0.385. The van der Waals surface area contributed by atoms with Crippen molar-refractivity contribution in [2.75, 3.05) is 12.4 Å². The summed E-state index contributed by atoms with van der Waals surface area (Å²) < 4.78 is 4.88. The van der Waals surface area contributed by atoms with Crippen LogP contribution in [0, 0.1) is 21.4 Å². The van der Waals surface area contributed by atoms with E-state index in [1.165, 1.54) is 37.4 Å². The standard InChI is InChI=1S/C15H10ClN3O4/c1-23-14-5-3-9(6-13(14)19(21)22)15(20)18-11-4-2-10(8-17)12(16)7-11/h2-7H,1H3,(H,18,20). The van der Waals surface area contributed by atoms with Crippen LogP contribution < -0.4 is 10.1 Å². The summed E-state index contributed by atoms with van der Waals surface area (Å²) in [7, 11) is 1.31. The Morgan fingerprint density at radius 3 is 2.65 bits per heavy atom.